The lowest BCUT2D eigenvalue weighted by Gasteiger charge is -2.07. The van der Waals surface area contributed by atoms with Crippen LogP contribution in [0.3, 0.4) is 0 Å². The molecule has 128 valence electrons. The molecule has 0 unspecified atom stereocenters. The zero-order valence-corrected chi connectivity index (χ0v) is 14.0. The van der Waals surface area contributed by atoms with Crippen LogP contribution in [0, 0.1) is 0 Å². The number of hydrogen-bond donors (Lipinski definition) is 2. The van der Waals surface area contributed by atoms with Gasteiger partial charge in [-0.3, -0.25) is 9.78 Å². The van der Waals surface area contributed by atoms with Crippen LogP contribution in [0.25, 0.3) is 11.5 Å². The first-order valence-corrected chi connectivity index (χ1v) is 8.53. The van der Waals surface area contributed by atoms with E-state index >= 15 is 0 Å². The summed E-state index contributed by atoms with van der Waals surface area (Å²) in [6.45, 7) is 0. The number of carboxylic acids is 1. The van der Waals surface area contributed by atoms with Crippen LogP contribution in [-0.2, 0) is 17.0 Å². The van der Waals surface area contributed by atoms with Crippen molar-refractivity contribution in [2.24, 2.45) is 5.73 Å². The smallest absolute Gasteiger partial charge is 0.320 e. The van der Waals surface area contributed by atoms with Gasteiger partial charge in [0.1, 0.15) is 6.04 Å². The van der Waals surface area contributed by atoms with Gasteiger partial charge in [-0.05, 0) is 29.7 Å². The molecule has 8 heteroatoms. The van der Waals surface area contributed by atoms with Gasteiger partial charge in [0.25, 0.3) is 5.22 Å². The molecule has 3 N–H and O–H groups in total. The highest BCUT2D eigenvalue weighted by Crippen LogP contribution is 2.25. The van der Waals surface area contributed by atoms with Crippen molar-refractivity contribution >= 4 is 17.7 Å². The predicted molar refractivity (Wildman–Crippen MR) is 92.8 cm³/mol. The van der Waals surface area contributed by atoms with Crippen molar-refractivity contribution < 1.29 is 14.3 Å². The number of aromatic nitrogens is 3. The molecule has 7 nitrogen and oxygen atoms in total. The molecule has 0 spiro atoms. The third-order valence-electron chi connectivity index (χ3n) is 3.46. The van der Waals surface area contributed by atoms with Crippen molar-refractivity contribution in [3.05, 3.63) is 59.9 Å². The summed E-state index contributed by atoms with van der Waals surface area (Å²) in [7, 11) is 0. The molecular weight excluding hydrogens is 340 g/mol. The van der Waals surface area contributed by atoms with E-state index in [2.05, 4.69) is 15.2 Å². The van der Waals surface area contributed by atoms with Crippen LogP contribution in [0.1, 0.15) is 11.1 Å². The summed E-state index contributed by atoms with van der Waals surface area (Å²) in [6.07, 6.45) is 3.62. The highest BCUT2D eigenvalue weighted by molar-refractivity contribution is 7.98. The van der Waals surface area contributed by atoms with Crippen molar-refractivity contribution in [1.82, 2.24) is 15.2 Å². The van der Waals surface area contributed by atoms with Crippen LogP contribution in [0.4, 0.5) is 0 Å². The molecule has 3 rings (SSSR count). The predicted octanol–water partition coefficient (Wildman–Crippen LogP) is 2.38. The second-order valence-corrected chi connectivity index (χ2v) is 6.29. The molecule has 1 atom stereocenters. The molecule has 0 aliphatic rings. The summed E-state index contributed by atoms with van der Waals surface area (Å²) in [5.41, 5.74) is 8.31. The molecule has 25 heavy (non-hydrogen) atoms. The topological polar surface area (TPSA) is 115 Å². The van der Waals surface area contributed by atoms with E-state index in [-0.39, 0.29) is 0 Å². The van der Waals surface area contributed by atoms with Gasteiger partial charge in [0.15, 0.2) is 0 Å². The Morgan fingerprint density at radius 3 is 2.72 bits per heavy atom. The number of thioether (sulfide) groups is 1. The van der Waals surface area contributed by atoms with Crippen LogP contribution >= 0.6 is 11.8 Å². The van der Waals surface area contributed by atoms with Gasteiger partial charge in [-0.2, -0.15) is 0 Å². The number of carboxylic acid groups (broad SMARTS) is 1. The molecule has 3 aromatic rings. The van der Waals surface area contributed by atoms with Crippen molar-refractivity contribution in [2.45, 2.75) is 23.4 Å². The lowest BCUT2D eigenvalue weighted by atomic mass is 10.0. The number of benzene rings is 1. The van der Waals surface area contributed by atoms with Crippen molar-refractivity contribution in [3.8, 4) is 11.5 Å². The molecule has 0 aliphatic heterocycles. The number of pyridine rings is 1. The Labute approximate surface area is 148 Å². The fourth-order valence-electron chi connectivity index (χ4n) is 2.21. The minimum absolute atomic E-state index is 0.292. The van der Waals surface area contributed by atoms with Crippen LogP contribution in [0.2, 0.25) is 0 Å². The lowest BCUT2D eigenvalue weighted by Crippen LogP contribution is -2.32. The summed E-state index contributed by atoms with van der Waals surface area (Å²) in [6, 6.07) is 10.4. The lowest BCUT2D eigenvalue weighted by molar-refractivity contribution is -0.138. The summed E-state index contributed by atoms with van der Waals surface area (Å²) in [5, 5.41) is 17.4. The molecule has 0 fully saturated rings. The Bertz CT molecular complexity index is 854. The van der Waals surface area contributed by atoms with Gasteiger partial charge in [-0.15, -0.1) is 10.2 Å². The van der Waals surface area contributed by atoms with Crippen LogP contribution < -0.4 is 5.73 Å². The quantitative estimate of drug-likeness (QED) is 0.620. The van der Waals surface area contributed by atoms with E-state index < -0.39 is 12.0 Å². The second-order valence-electron chi connectivity index (χ2n) is 5.37. The van der Waals surface area contributed by atoms with Crippen LogP contribution in [0.15, 0.2) is 58.4 Å². The molecular formula is C17H16N4O3S. The molecule has 0 saturated carbocycles. The molecule has 2 heterocycles. The largest absolute Gasteiger partial charge is 0.480 e. The zero-order valence-electron chi connectivity index (χ0n) is 13.2. The first-order valence-electron chi connectivity index (χ1n) is 7.55. The maximum absolute atomic E-state index is 10.9. The summed E-state index contributed by atoms with van der Waals surface area (Å²) in [5.74, 6) is 0.0778. The summed E-state index contributed by atoms with van der Waals surface area (Å²) >= 11 is 1.42. The molecule has 1 aromatic carbocycles. The van der Waals surface area contributed by atoms with Crippen LogP contribution in [-0.4, -0.2) is 32.3 Å². The van der Waals surface area contributed by atoms with Crippen molar-refractivity contribution in [1.29, 1.82) is 0 Å². The maximum Gasteiger partial charge on any atom is 0.320 e. The van der Waals surface area contributed by atoms with E-state index in [1.54, 1.807) is 24.5 Å². The Morgan fingerprint density at radius 1 is 1.20 bits per heavy atom. The molecule has 0 amide bonds. The van der Waals surface area contributed by atoms with Gasteiger partial charge < -0.3 is 15.3 Å². The Balaban J connectivity index is 1.62. The highest BCUT2D eigenvalue weighted by Gasteiger charge is 2.13. The van der Waals surface area contributed by atoms with Gasteiger partial charge >= 0.3 is 5.97 Å². The van der Waals surface area contributed by atoms with E-state index in [0.29, 0.717) is 23.3 Å². The minimum atomic E-state index is -1.01. The fraction of sp³-hybridized carbons (Fsp3) is 0.176. The Morgan fingerprint density at radius 2 is 1.96 bits per heavy atom. The molecule has 2 aromatic heterocycles. The van der Waals surface area contributed by atoms with Gasteiger partial charge in [-0.25, -0.2) is 0 Å². The van der Waals surface area contributed by atoms with Gasteiger partial charge in [-0.1, -0.05) is 36.0 Å². The van der Waals surface area contributed by atoms with E-state index in [9.17, 15) is 4.79 Å². The number of rotatable bonds is 7. The van der Waals surface area contributed by atoms with Crippen molar-refractivity contribution in [3.63, 3.8) is 0 Å². The van der Waals surface area contributed by atoms with Crippen LogP contribution in [0.5, 0.6) is 0 Å². The van der Waals surface area contributed by atoms with Gasteiger partial charge in [0, 0.05) is 23.7 Å². The standard InChI is InChI=1S/C17H16N4O3S/c18-14(16(22)23)9-11-2-1-3-12(8-11)10-25-17-21-20-15(24-17)13-4-6-19-7-5-13/h1-8,14H,9-10,18H2,(H,22,23)/t14-/m0/s1. The molecule has 0 saturated heterocycles. The number of aliphatic carboxylic acids is 1. The third-order valence-corrected chi connectivity index (χ3v) is 4.35. The Hall–Kier alpha value is -2.71. The highest BCUT2D eigenvalue weighted by atomic mass is 32.2. The average molecular weight is 356 g/mol. The van der Waals surface area contributed by atoms with Gasteiger partial charge in [0.2, 0.25) is 5.89 Å². The number of nitrogens with zero attached hydrogens (tertiary/aromatic N) is 3. The first kappa shape index (κ1) is 17.1. The van der Waals surface area contributed by atoms with E-state index in [0.717, 1.165) is 16.7 Å². The minimum Gasteiger partial charge on any atom is -0.480 e. The normalized spacial score (nSPS) is 12.0. The number of hydrogen-bond acceptors (Lipinski definition) is 7. The van der Waals surface area contributed by atoms with Crippen molar-refractivity contribution in [2.75, 3.05) is 0 Å². The summed E-state index contributed by atoms with van der Waals surface area (Å²) < 4.78 is 5.63. The van der Waals surface area contributed by atoms with E-state index in [1.807, 2.05) is 24.3 Å². The third kappa shape index (κ3) is 4.65. The molecule has 0 radical (unpaired) electrons. The van der Waals surface area contributed by atoms with E-state index in [4.69, 9.17) is 15.3 Å². The fourth-order valence-corrected chi connectivity index (χ4v) is 2.92. The second kappa shape index (κ2) is 7.91. The van der Waals surface area contributed by atoms with E-state index in [1.165, 1.54) is 11.8 Å². The summed E-state index contributed by atoms with van der Waals surface area (Å²) in [4.78, 5) is 14.8. The number of carbonyl (C=O) groups is 1. The SMILES string of the molecule is N[C@@H](Cc1cccc(CSc2nnc(-c3ccncc3)o2)c1)C(=O)O. The molecule has 0 aliphatic carbocycles. The maximum atomic E-state index is 10.9. The first-order chi connectivity index (χ1) is 12.1. The average Bonchev–Trinajstić information content (AvgIpc) is 3.10. The monoisotopic (exact) mass is 356 g/mol. The zero-order chi connectivity index (χ0) is 17.6. The number of nitrogens with two attached hydrogens (primary N) is 1. The molecule has 0 bridgehead atoms. The van der Waals surface area contributed by atoms with Gasteiger partial charge in [0.05, 0.1) is 0 Å². The Kier molecular flexibility index (Phi) is 5.42.